The van der Waals surface area contributed by atoms with Gasteiger partial charge in [0.15, 0.2) is 5.78 Å². The first-order chi connectivity index (χ1) is 7.30. The summed E-state index contributed by atoms with van der Waals surface area (Å²) in [5.41, 5.74) is -1.44. The highest BCUT2D eigenvalue weighted by Crippen LogP contribution is 2.20. The van der Waals surface area contributed by atoms with Crippen LogP contribution in [0.3, 0.4) is 0 Å². The van der Waals surface area contributed by atoms with Crippen molar-refractivity contribution in [1.82, 2.24) is 0 Å². The molecular weight excluding hydrogens is 243 g/mol. The minimum Gasteiger partial charge on any atom is -0.300 e. The van der Waals surface area contributed by atoms with E-state index >= 15 is 0 Å². The molecule has 0 aliphatic rings. The maximum Gasteiger partial charge on any atom is 0.429 e. The quantitative estimate of drug-likeness (QED) is 0.646. The van der Waals surface area contributed by atoms with E-state index in [1.807, 2.05) is 0 Å². The van der Waals surface area contributed by atoms with Crippen LogP contribution in [0.5, 0.6) is 0 Å². The SMILES string of the molecule is N=C(CC(=O)c1ccc(Cl)cc1)C(F)(F)F. The maximum absolute atomic E-state index is 12.0. The van der Waals surface area contributed by atoms with Crippen molar-refractivity contribution in [2.45, 2.75) is 12.6 Å². The van der Waals surface area contributed by atoms with Gasteiger partial charge in [0.25, 0.3) is 0 Å². The molecule has 2 nitrogen and oxygen atoms in total. The Morgan fingerprint density at radius 3 is 2.19 bits per heavy atom. The van der Waals surface area contributed by atoms with Crippen molar-refractivity contribution in [1.29, 1.82) is 5.41 Å². The van der Waals surface area contributed by atoms with Crippen LogP contribution in [0.2, 0.25) is 5.02 Å². The van der Waals surface area contributed by atoms with Crippen molar-refractivity contribution in [2.24, 2.45) is 0 Å². The molecule has 0 aliphatic heterocycles. The summed E-state index contributed by atoms with van der Waals surface area (Å²) in [5.74, 6) is -0.751. The second-order valence-electron chi connectivity index (χ2n) is 3.08. The number of carbonyl (C=O) groups excluding carboxylic acids is 1. The van der Waals surface area contributed by atoms with E-state index in [4.69, 9.17) is 17.0 Å². The first kappa shape index (κ1) is 12.7. The monoisotopic (exact) mass is 249 g/mol. The Morgan fingerprint density at radius 2 is 1.75 bits per heavy atom. The van der Waals surface area contributed by atoms with Gasteiger partial charge in [-0.3, -0.25) is 4.79 Å². The highest BCUT2D eigenvalue weighted by molar-refractivity contribution is 6.30. The van der Waals surface area contributed by atoms with Crippen molar-refractivity contribution >= 4 is 23.1 Å². The van der Waals surface area contributed by atoms with Gasteiger partial charge in [0.05, 0.1) is 6.42 Å². The Balaban J connectivity index is 2.74. The molecule has 0 amide bonds. The van der Waals surface area contributed by atoms with Crippen LogP contribution >= 0.6 is 11.6 Å². The fourth-order valence-electron chi connectivity index (χ4n) is 0.999. The largest absolute Gasteiger partial charge is 0.429 e. The van der Waals surface area contributed by atoms with Gasteiger partial charge in [-0.1, -0.05) is 11.6 Å². The number of hydrogen-bond donors (Lipinski definition) is 1. The van der Waals surface area contributed by atoms with Crippen LogP contribution in [0, 0.1) is 5.41 Å². The second-order valence-corrected chi connectivity index (χ2v) is 3.52. The van der Waals surface area contributed by atoms with Crippen LogP contribution in [0.25, 0.3) is 0 Å². The molecule has 0 unspecified atom stereocenters. The fraction of sp³-hybridized carbons (Fsp3) is 0.200. The fourth-order valence-corrected chi connectivity index (χ4v) is 1.12. The summed E-state index contributed by atoms with van der Waals surface area (Å²) in [4.78, 5) is 11.3. The molecule has 0 saturated heterocycles. The molecule has 0 radical (unpaired) electrons. The lowest BCUT2D eigenvalue weighted by Crippen LogP contribution is -2.24. The molecule has 0 heterocycles. The molecule has 1 aromatic rings. The highest BCUT2D eigenvalue weighted by Gasteiger charge is 2.35. The number of rotatable bonds is 3. The van der Waals surface area contributed by atoms with E-state index < -0.39 is 24.1 Å². The summed E-state index contributed by atoms with van der Waals surface area (Å²) in [6.07, 6.45) is -5.70. The molecule has 0 bridgehead atoms. The Kier molecular flexibility index (Phi) is 3.70. The van der Waals surface area contributed by atoms with Crippen molar-refractivity contribution in [3.8, 4) is 0 Å². The predicted octanol–water partition coefficient (Wildman–Crippen LogP) is 3.49. The number of Topliss-reactive ketones (excluding diaryl/α,β-unsaturated/α-hetero) is 1. The van der Waals surface area contributed by atoms with E-state index in [0.29, 0.717) is 5.02 Å². The summed E-state index contributed by atoms with van der Waals surface area (Å²) in [7, 11) is 0. The zero-order chi connectivity index (χ0) is 12.3. The Morgan fingerprint density at radius 1 is 1.25 bits per heavy atom. The van der Waals surface area contributed by atoms with E-state index in [1.165, 1.54) is 24.3 Å². The normalized spacial score (nSPS) is 11.2. The molecule has 16 heavy (non-hydrogen) atoms. The van der Waals surface area contributed by atoms with E-state index in [0.717, 1.165) is 0 Å². The average Bonchev–Trinajstić information content (AvgIpc) is 2.17. The number of alkyl halides is 3. The lowest BCUT2D eigenvalue weighted by atomic mass is 10.1. The third-order valence-electron chi connectivity index (χ3n) is 1.85. The average molecular weight is 250 g/mol. The van der Waals surface area contributed by atoms with Crippen molar-refractivity contribution < 1.29 is 18.0 Å². The number of hydrogen-bond acceptors (Lipinski definition) is 2. The number of ketones is 1. The van der Waals surface area contributed by atoms with Crippen LogP contribution in [0.4, 0.5) is 13.2 Å². The molecule has 0 fully saturated rings. The molecule has 0 spiro atoms. The highest BCUT2D eigenvalue weighted by atomic mass is 35.5. The smallest absolute Gasteiger partial charge is 0.300 e. The third-order valence-corrected chi connectivity index (χ3v) is 2.10. The van der Waals surface area contributed by atoms with Crippen LogP contribution in [-0.2, 0) is 0 Å². The molecule has 1 rings (SSSR count). The van der Waals surface area contributed by atoms with Gasteiger partial charge in [0, 0.05) is 10.6 Å². The molecule has 0 aromatic heterocycles. The first-order valence-electron chi connectivity index (χ1n) is 4.24. The lowest BCUT2D eigenvalue weighted by Gasteiger charge is -2.07. The Labute approximate surface area is 94.5 Å². The van der Waals surface area contributed by atoms with Crippen molar-refractivity contribution in [3.05, 3.63) is 34.9 Å². The number of nitrogens with one attached hydrogen (secondary N) is 1. The Hall–Kier alpha value is -1.36. The minimum absolute atomic E-state index is 0.110. The van der Waals surface area contributed by atoms with Crippen LogP contribution in [0.1, 0.15) is 16.8 Å². The van der Waals surface area contributed by atoms with Crippen LogP contribution in [0.15, 0.2) is 24.3 Å². The Bertz CT molecular complexity index is 411. The summed E-state index contributed by atoms with van der Waals surface area (Å²) in [6, 6.07) is 5.47. The predicted molar refractivity (Wildman–Crippen MR) is 54.2 cm³/mol. The lowest BCUT2D eigenvalue weighted by molar-refractivity contribution is -0.0609. The minimum atomic E-state index is -4.75. The van der Waals surface area contributed by atoms with Crippen molar-refractivity contribution in [2.75, 3.05) is 0 Å². The van der Waals surface area contributed by atoms with Gasteiger partial charge in [-0.15, -0.1) is 0 Å². The van der Waals surface area contributed by atoms with Gasteiger partial charge in [-0.2, -0.15) is 13.2 Å². The van der Waals surface area contributed by atoms with Crippen LogP contribution < -0.4 is 0 Å². The molecule has 0 atom stereocenters. The second kappa shape index (κ2) is 4.65. The molecular formula is C10H7ClF3NO. The van der Waals surface area contributed by atoms with Gasteiger partial charge in [0.1, 0.15) is 5.71 Å². The first-order valence-corrected chi connectivity index (χ1v) is 4.62. The molecule has 86 valence electrons. The van der Waals surface area contributed by atoms with Gasteiger partial charge in [-0.05, 0) is 24.3 Å². The molecule has 6 heteroatoms. The zero-order valence-electron chi connectivity index (χ0n) is 7.94. The van der Waals surface area contributed by atoms with Crippen molar-refractivity contribution in [3.63, 3.8) is 0 Å². The third kappa shape index (κ3) is 3.34. The van der Waals surface area contributed by atoms with Gasteiger partial charge in [-0.25, -0.2) is 0 Å². The number of benzene rings is 1. The zero-order valence-corrected chi connectivity index (χ0v) is 8.69. The van der Waals surface area contributed by atoms with Crippen LogP contribution in [-0.4, -0.2) is 17.7 Å². The van der Waals surface area contributed by atoms with Gasteiger partial charge in [0.2, 0.25) is 0 Å². The maximum atomic E-state index is 12.0. The molecule has 0 aliphatic carbocycles. The number of carbonyl (C=O) groups is 1. The molecule has 1 aromatic carbocycles. The standard InChI is InChI=1S/C10H7ClF3NO/c11-7-3-1-6(2-4-7)8(16)5-9(15)10(12,13)14/h1-4,15H,5H2. The van der Waals surface area contributed by atoms with E-state index in [1.54, 1.807) is 0 Å². The van der Waals surface area contributed by atoms with E-state index in [-0.39, 0.29) is 5.56 Å². The molecule has 0 saturated carbocycles. The summed E-state index contributed by atoms with van der Waals surface area (Å²) in [6.45, 7) is 0. The van der Waals surface area contributed by atoms with Gasteiger partial charge >= 0.3 is 6.18 Å². The summed E-state index contributed by atoms with van der Waals surface area (Å²) < 4.78 is 36.0. The summed E-state index contributed by atoms with van der Waals surface area (Å²) in [5, 5.41) is 7.08. The van der Waals surface area contributed by atoms with Gasteiger partial charge < -0.3 is 5.41 Å². The summed E-state index contributed by atoms with van der Waals surface area (Å²) >= 11 is 5.56. The van der Waals surface area contributed by atoms with E-state index in [9.17, 15) is 18.0 Å². The number of halogens is 4. The van der Waals surface area contributed by atoms with E-state index in [2.05, 4.69) is 0 Å². The topological polar surface area (TPSA) is 40.9 Å². The molecule has 1 N–H and O–H groups in total.